The van der Waals surface area contributed by atoms with Crippen molar-refractivity contribution in [2.45, 2.75) is 58.5 Å². The Morgan fingerprint density at radius 1 is 1.44 bits per heavy atom. The molecule has 0 bridgehead atoms. The van der Waals surface area contributed by atoms with E-state index in [1.807, 2.05) is 6.92 Å². The molecule has 0 saturated carbocycles. The zero-order valence-corrected chi connectivity index (χ0v) is 10.7. The third kappa shape index (κ3) is 7.65. The number of carbonyl (C=O) groups is 1. The van der Waals surface area contributed by atoms with E-state index in [4.69, 9.17) is 10.8 Å². The van der Waals surface area contributed by atoms with E-state index >= 15 is 0 Å². The molecule has 16 heavy (non-hydrogen) atoms. The van der Waals surface area contributed by atoms with E-state index in [1.165, 1.54) is 0 Å². The maximum absolute atomic E-state index is 11.6. The summed E-state index contributed by atoms with van der Waals surface area (Å²) in [5.41, 5.74) is 5.78. The first-order chi connectivity index (χ1) is 7.49. The van der Waals surface area contributed by atoms with E-state index in [0.29, 0.717) is 12.3 Å². The summed E-state index contributed by atoms with van der Waals surface area (Å²) in [6, 6.07) is -0.204. The lowest BCUT2D eigenvalue weighted by Crippen LogP contribution is -2.40. The highest BCUT2D eigenvalue weighted by Gasteiger charge is 2.14. The van der Waals surface area contributed by atoms with Gasteiger partial charge in [-0.1, -0.05) is 27.2 Å². The lowest BCUT2D eigenvalue weighted by Gasteiger charge is -2.19. The van der Waals surface area contributed by atoms with Gasteiger partial charge in [0.15, 0.2) is 0 Å². The van der Waals surface area contributed by atoms with Crippen molar-refractivity contribution in [3.8, 4) is 0 Å². The molecule has 1 amide bonds. The SMILES string of the molecule is CCCC(N)CC(=O)NC(CO)CC(C)C. The van der Waals surface area contributed by atoms with Crippen LogP contribution < -0.4 is 11.1 Å². The monoisotopic (exact) mass is 230 g/mol. The average Bonchev–Trinajstić information content (AvgIpc) is 2.15. The Labute approximate surface area is 98.6 Å². The van der Waals surface area contributed by atoms with Gasteiger partial charge in [0.25, 0.3) is 0 Å². The van der Waals surface area contributed by atoms with Gasteiger partial charge in [-0.25, -0.2) is 0 Å². The van der Waals surface area contributed by atoms with Gasteiger partial charge in [-0.3, -0.25) is 4.79 Å². The third-order valence-electron chi connectivity index (χ3n) is 2.45. The molecule has 0 heterocycles. The summed E-state index contributed by atoms with van der Waals surface area (Å²) >= 11 is 0. The molecular formula is C12H26N2O2. The Kier molecular flexibility index (Phi) is 8.21. The lowest BCUT2D eigenvalue weighted by molar-refractivity contribution is -0.122. The number of carbonyl (C=O) groups excluding carboxylic acids is 1. The molecule has 0 aliphatic heterocycles. The normalized spacial score (nSPS) is 14.9. The van der Waals surface area contributed by atoms with E-state index in [2.05, 4.69) is 19.2 Å². The van der Waals surface area contributed by atoms with Crippen molar-refractivity contribution in [2.75, 3.05) is 6.61 Å². The fraction of sp³-hybridized carbons (Fsp3) is 0.917. The van der Waals surface area contributed by atoms with Gasteiger partial charge in [0, 0.05) is 12.5 Å². The molecule has 0 aliphatic rings. The highest BCUT2D eigenvalue weighted by Crippen LogP contribution is 2.05. The maximum Gasteiger partial charge on any atom is 0.221 e. The van der Waals surface area contributed by atoms with Crippen LogP contribution in [0.5, 0.6) is 0 Å². The van der Waals surface area contributed by atoms with Gasteiger partial charge in [-0.15, -0.1) is 0 Å². The molecule has 96 valence electrons. The maximum atomic E-state index is 11.6. The van der Waals surface area contributed by atoms with Gasteiger partial charge < -0.3 is 16.2 Å². The zero-order chi connectivity index (χ0) is 12.6. The first-order valence-electron chi connectivity index (χ1n) is 6.15. The molecule has 0 fully saturated rings. The van der Waals surface area contributed by atoms with Crippen LogP contribution in [0.25, 0.3) is 0 Å². The number of nitrogens with two attached hydrogens (primary N) is 1. The molecule has 0 aliphatic carbocycles. The van der Waals surface area contributed by atoms with Crippen LogP contribution in [0.2, 0.25) is 0 Å². The van der Waals surface area contributed by atoms with E-state index in [0.717, 1.165) is 19.3 Å². The van der Waals surface area contributed by atoms with Gasteiger partial charge in [0.05, 0.1) is 12.6 Å². The summed E-state index contributed by atoms with van der Waals surface area (Å²) < 4.78 is 0. The quantitative estimate of drug-likeness (QED) is 0.583. The standard InChI is InChI=1S/C12H26N2O2/c1-4-5-10(13)7-12(16)14-11(8-15)6-9(2)3/h9-11,15H,4-8,13H2,1-3H3,(H,14,16). The summed E-state index contributed by atoms with van der Waals surface area (Å²) in [6.45, 7) is 6.18. The van der Waals surface area contributed by atoms with E-state index < -0.39 is 0 Å². The number of aliphatic hydroxyl groups is 1. The predicted molar refractivity (Wildman–Crippen MR) is 66.0 cm³/mol. The van der Waals surface area contributed by atoms with Gasteiger partial charge in [0.1, 0.15) is 0 Å². The Morgan fingerprint density at radius 2 is 2.06 bits per heavy atom. The van der Waals surface area contributed by atoms with Crippen LogP contribution in [0.1, 0.15) is 46.5 Å². The van der Waals surface area contributed by atoms with Crippen LogP contribution in [-0.4, -0.2) is 29.7 Å². The lowest BCUT2D eigenvalue weighted by atomic mass is 10.0. The van der Waals surface area contributed by atoms with Crippen molar-refractivity contribution >= 4 is 5.91 Å². The van der Waals surface area contributed by atoms with E-state index in [-0.39, 0.29) is 24.6 Å². The van der Waals surface area contributed by atoms with Gasteiger partial charge >= 0.3 is 0 Å². The first-order valence-corrected chi connectivity index (χ1v) is 6.15. The highest BCUT2D eigenvalue weighted by molar-refractivity contribution is 5.76. The molecular weight excluding hydrogens is 204 g/mol. The topological polar surface area (TPSA) is 75.4 Å². The van der Waals surface area contributed by atoms with Crippen molar-refractivity contribution in [1.29, 1.82) is 0 Å². The summed E-state index contributed by atoms with van der Waals surface area (Å²) in [5, 5.41) is 11.9. The van der Waals surface area contributed by atoms with Crippen LogP contribution in [-0.2, 0) is 4.79 Å². The molecule has 0 aromatic rings. The molecule has 4 nitrogen and oxygen atoms in total. The summed E-state index contributed by atoms with van der Waals surface area (Å²) in [6.07, 6.45) is 3.00. The van der Waals surface area contributed by atoms with Crippen LogP contribution in [0.4, 0.5) is 0 Å². The summed E-state index contributed by atoms with van der Waals surface area (Å²) in [7, 11) is 0. The number of nitrogens with one attached hydrogen (secondary N) is 1. The highest BCUT2D eigenvalue weighted by atomic mass is 16.3. The molecule has 0 aromatic heterocycles. The molecule has 2 atom stereocenters. The van der Waals surface area contributed by atoms with Crippen molar-refractivity contribution in [2.24, 2.45) is 11.7 Å². The van der Waals surface area contributed by atoms with Crippen LogP contribution in [0.3, 0.4) is 0 Å². The Hall–Kier alpha value is -0.610. The molecule has 4 N–H and O–H groups in total. The summed E-state index contributed by atoms with van der Waals surface area (Å²) in [4.78, 5) is 11.6. The Balaban J connectivity index is 3.91. The average molecular weight is 230 g/mol. The molecule has 0 saturated heterocycles. The third-order valence-corrected chi connectivity index (χ3v) is 2.45. The van der Waals surface area contributed by atoms with Crippen molar-refractivity contribution in [3.05, 3.63) is 0 Å². The molecule has 0 rings (SSSR count). The Bertz CT molecular complexity index is 195. The fourth-order valence-corrected chi connectivity index (χ4v) is 1.75. The number of aliphatic hydroxyl groups excluding tert-OH is 1. The first kappa shape index (κ1) is 15.4. The number of amides is 1. The van der Waals surface area contributed by atoms with Gasteiger partial charge in [-0.05, 0) is 18.8 Å². The van der Waals surface area contributed by atoms with Crippen LogP contribution in [0.15, 0.2) is 0 Å². The van der Waals surface area contributed by atoms with E-state index in [9.17, 15) is 4.79 Å². The largest absolute Gasteiger partial charge is 0.394 e. The van der Waals surface area contributed by atoms with Crippen LogP contribution in [0, 0.1) is 5.92 Å². The molecule has 2 unspecified atom stereocenters. The second kappa shape index (κ2) is 8.53. The molecule has 0 radical (unpaired) electrons. The number of hydrogen-bond donors (Lipinski definition) is 3. The Morgan fingerprint density at radius 3 is 2.50 bits per heavy atom. The van der Waals surface area contributed by atoms with Crippen molar-refractivity contribution < 1.29 is 9.90 Å². The second-order valence-corrected chi connectivity index (χ2v) is 4.83. The second-order valence-electron chi connectivity index (χ2n) is 4.83. The smallest absolute Gasteiger partial charge is 0.221 e. The zero-order valence-electron chi connectivity index (χ0n) is 10.7. The summed E-state index contributed by atoms with van der Waals surface area (Å²) in [5.74, 6) is 0.405. The molecule has 4 heteroatoms. The number of rotatable bonds is 8. The van der Waals surface area contributed by atoms with Gasteiger partial charge in [0.2, 0.25) is 5.91 Å². The fourth-order valence-electron chi connectivity index (χ4n) is 1.75. The number of hydrogen-bond acceptors (Lipinski definition) is 3. The van der Waals surface area contributed by atoms with Crippen molar-refractivity contribution in [1.82, 2.24) is 5.32 Å². The van der Waals surface area contributed by atoms with Gasteiger partial charge in [-0.2, -0.15) is 0 Å². The minimum absolute atomic E-state index is 0.00701. The van der Waals surface area contributed by atoms with Crippen LogP contribution >= 0.6 is 0 Å². The predicted octanol–water partition coefficient (Wildman–Crippen LogP) is 1.03. The van der Waals surface area contributed by atoms with E-state index in [1.54, 1.807) is 0 Å². The molecule has 0 aromatic carbocycles. The van der Waals surface area contributed by atoms with Crippen molar-refractivity contribution in [3.63, 3.8) is 0 Å². The minimum Gasteiger partial charge on any atom is -0.394 e. The minimum atomic E-state index is -0.138. The molecule has 0 spiro atoms.